The number of aliphatic hydroxyl groups excluding tert-OH is 1. The molecule has 5 rings (SSSR count). The fourth-order valence-electron chi connectivity index (χ4n) is 9.30. The number of carboxylic acid groups (broad SMARTS) is 1. The Bertz CT molecular complexity index is 2340. The molecule has 27 heteroatoms. The number of aliphatic hydroxyl groups is 1. The average Bonchev–Trinajstić information content (AvgIpc) is 4.22. The second kappa shape index (κ2) is 29.6. The van der Waals surface area contributed by atoms with Gasteiger partial charge in [-0.25, -0.2) is 19.6 Å². The molecule has 0 aliphatic carbocycles. The molecule has 7 atom stereocenters. The van der Waals surface area contributed by atoms with Crippen LogP contribution in [0.15, 0.2) is 65.7 Å². The molecule has 9 amide bonds. The van der Waals surface area contributed by atoms with Gasteiger partial charge in [-0.2, -0.15) is 0 Å². The van der Waals surface area contributed by atoms with Crippen molar-refractivity contribution in [1.29, 1.82) is 0 Å². The third kappa shape index (κ3) is 17.6. The van der Waals surface area contributed by atoms with Crippen LogP contribution in [0.4, 0.5) is 4.79 Å². The zero-order chi connectivity index (χ0) is 55.3. The number of carbonyl (C=O) groups is 9. The van der Waals surface area contributed by atoms with Gasteiger partial charge >= 0.3 is 12.0 Å². The zero-order valence-electron chi connectivity index (χ0n) is 42.5. The Kier molecular flexibility index (Phi) is 23.1. The lowest BCUT2D eigenvalue weighted by molar-refractivity contribution is -0.147. The van der Waals surface area contributed by atoms with E-state index in [1.807, 2.05) is 0 Å². The molecule has 0 radical (unpaired) electrons. The number of hydrogen-bond acceptors (Lipinski definition) is 15. The summed E-state index contributed by atoms with van der Waals surface area (Å²) in [6, 6.07) is 8.12. The van der Waals surface area contributed by atoms with Crippen molar-refractivity contribution in [1.82, 2.24) is 51.7 Å². The minimum atomic E-state index is -1.62. The molecule has 0 unspecified atom stereocenters. The van der Waals surface area contributed by atoms with Gasteiger partial charge in [0.15, 0.2) is 5.96 Å². The molecule has 3 saturated heterocycles. The number of nitrogens with two attached hydrogens (primary N) is 5. The quantitative estimate of drug-likeness (QED) is 0.0174. The zero-order valence-corrected chi connectivity index (χ0v) is 42.5. The molecule has 0 aromatic heterocycles. The number of nitrogens with zero attached hydrogens (tertiary/aromatic N) is 5. The van der Waals surface area contributed by atoms with E-state index < -0.39 is 109 Å². The van der Waals surface area contributed by atoms with E-state index in [2.05, 4.69) is 36.9 Å². The summed E-state index contributed by atoms with van der Waals surface area (Å²) in [7, 11) is 0. The predicted molar refractivity (Wildman–Crippen MR) is 276 cm³/mol. The molecule has 3 fully saturated rings. The second-order valence-electron chi connectivity index (χ2n) is 18.9. The van der Waals surface area contributed by atoms with Gasteiger partial charge in [-0.05, 0) is 75.5 Å². The topological polar surface area (TPSA) is 422 Å². The molecule has 3 aliphatic rings. The van der Waals surface area contributed by atoms with Crippen LogP contribution in [0.1, 0.15) is 68.9 Å². The van der Waals surface area contributed by atoms with Crippen molar-refractivity contribution in [2.45, 2.75) is 119 Å². The van der Waals surface area contributed by atoms with Gasteiger partial charge in [-0.1, -0.05) is 60.7 Å². The number of benzene rings is 2. The number of guanidine groups is 1. The summed E-state index contributed by atoms with van der Waals surface area (Å²) in [5.41, 5.74) is 29.2. The summed E-state index contributed by atoms with van der Waals surface area (Å²) in [6.45, 7) is -0.378. The highest BCUT2D eigenvalue weighted by atomic mass is 16.4. The van der Waals surface area contributed by atoms with Crippen LogP contribution in [0.25, 0.3) is 0 Å². The molecular formula is C49H74N16O11. The highest BCUT2D eigenvalue weighted by molar-refractivity contribution is 5.97. The number of amides is 9. The molecule has 18 N–H and O–H groups in total. The molecule has 3 aliphatic heterocycles. The number of aliphatic imine (C=N–C) groups is 1. The van der Waals surface area contributed by atoms with E-state index in [9.17, 15) is 53.4 Å². The highest BCUT2D eigenvalue weighted by Crippen LogP contribution is 2.26. The molecule has 416 valence electrons. The summed E-state index contributed by atoms with van der Waals surface area (Å²) >= 11 is 0. The average molecular weight is 1060 g/mol. The van der Waals surface area contributed by atoms with Crippen LogP contribution in [0.5, 0.6) is 0 Å². The van der Waals surface area contributed by atoms with E-state index in [-0.39, 0.29) is 70.1 Å². The Labute approximate surface area is 440 Å². The van der Waals surface area contributed by atoms with Crippen molar-refractivity contribution in [2.24, 2.45) is 33.7 Å². The molecular weight excluding hydrogens is 989 g/mol. The maximum Gasteiger partial charge on any atom is 0.336 e. The normalized spacial score (nSPS) is 18.2. The van der Waals surface area contributed by atoms with Gasteiger partial charge in [0.1, 0.15) is 42.5 Å². The molecule has 0 bridgehead atoms. The van der Waals surface area contributed by atoms with E-state index in [1.165, 1.54) is 9.80 Å². The number of aliphatic carboxylic acids is 1. The number of nitrogens with one attached hydrogen (secondary N) is 6. The standard InChI is InChI=1S/C49H74N16O11/c50-32(16-7-20-55-47(51)52)43(71)63-23-10-19-38(63)45(73)62-22-9-18-37(62)42(70)57-28-39(67)58-34(26-30-12-3-1-4-13-30)40(68)60-36(29-66)44(72)64-24-11-25-65(64)49(76)61-35(27-31-14-5-2-6-15-31)41(69)59-33(46(74)75)17-8-21-56-48(53)54/h1-6,12-15,32-38,47,55,66H,7-11,16-29,50-52H2,(H,57,70)(H,58,67)(H,59,69)(H,60,68)(H,61,76)(H,74,75)(H4,53,54,56)/t32-,33+,34-,35-,36-,37-,38-/m0/s1. The van der Waals surface area contributed by atoms with Crippen LogP contribution in [-0.2, 0) is 51.2 Å². The second-order valence-corrected chi connectivity index (χ2v) is 18.9. The smallest absolute Gasteiger partial charge is 0.336 e. The third-order valence-electron chi connectivity index (χ3n) is 13.2. The largest absolute Gasteiger partial charge is 0.480 e. The number of rotatable bonds is 27. The van der Waals surface area contributed by atoms with Crippen LogP contribution < -0.4 is 60.6 Å². The van der Waals surface area contributed by atoms with E-state index in [1.54, 1.807) is 60.7 Å². The van der Waals surface area contributed by atoms with Gasteiger partial charge in [0.2, 0.25) is 35.4 Å². The molecule has 27 nitrogen and oxygen atoms in total. The lowest BCUT2D eigenvalue weighted by atomic mass is 10.0. The van der Waals surface area contributed by atoms with Gasteiger partial charge in [0.05, 0.1) is 19.2 Å². The molecule has 2 aromatic rings. The molecule has 3 heterocycles. The summed E-state index contributed by atoms with van der Waals surface area (Å²) in [5, 5.41) is 38.1. The lowest BCUT2D eigenvalue weighted by Gasteiger charge is -2.32. The van der Waals surface area contributed by atoms with Crippen molar-refractivity contribution in [3.8, 4) is 0 Å². The molecule has 0 spiro atoms. The van der Waals surface area contributed by atoms with Gasteiger partial charge in [-0.15, -0.1) is 0 Å². The number of carbonyl (C=O) groups excluding carboxylic acids is 8. The van der Waals surface area contributed by atoms with Crippen LogP contribution in [0.3, 0.4) is 0 Å². The van der Waals surface area contributed by atoms with Gasteiger partial charge in [0.25, 0.3) is 5.91 Å². The van der Waals surface area contributed by atoms with Crippen molar-refractivity contribution in [2.75, 3.05) is 52.4 Å². The van der Waals surface area contributed by atoms with Crippen molar-refractivity contribution in [3.63, 3.8) is 0 Å². The molecule has 0 saturated carbocycles. The van der Waals surface area contributed by atoms with E-state index in [0.29, 0.717) is 62.7 Å². The Morgan fingerprint density at radius 3 is 1.82 bits per heavy atom. The first kappa shape index (κ1) is 59.4. The minimum Gasteiger partial charge on any atom is -0.480 e. The fourth-order valence-corrected chi connectivity index (χ4v) is 9.30. The van der Waals surface area contributed by atoms with Crippen LogP contribution in [-0.4, -0.2) is 190 Å². The summed E-state index contributed by atoms with van der Waals surface area (Å²) in [6.07, 6.45) is 2.27. The summed E-state index contributed by atoms with van der Waals surface area (Å²) < 4.78 is 0. The lowest BCUT2D eigenvalue weighted by Crippen LogP contribution is -2.61. The van der Waals surface area contributed by atoms with Crippen molar-refractivity contribution >= 4 is 59.3 Å². The fraction of sp³-hybridized carbons (Fsp3) is 0.551. The number of carboxylic acids is 1. The first-order valence-corrected chi connectivity index (χ1v) is 25.5. The van der Waals surface area contributed by atoms with Gasteiger partial charge < -0.3 is 75.3 Å². The van der Waals surface area contributed by atoms with E-state index in [0.717, 1.165) is 10.0 Å². The Balaban J connectivity index is 1.21. The summed E-state index contributed by atoms with van der Waals surface area (Å²) in [4.78, 5) is 129. The SMILES string of the molecule is NC(N)=NCCC[C@@H](NC(=O)[C@H](Cc1ccccc1)NC(=O)N1CCCN1C(=O)[C@H](CO)NC(=O)[C@H](Cc1ccccc1)NC(=O)CNC(=O)[C@@H]1CCCN1C(=O)[C@@H]1CCCN1C(=O)[C@@H](N)CCCNC(N)N)C(=O)O. The van der Waals surface area contributed by atoms with Crippen molar-refractivity contribution in [3.05, 3.63) is 71.8 Å². The van der Waals surface area contributed by atoms with E-state index >= 15 is 0 Å². The van der Waals surface area contributed by atoms with Crippen LogP contribution in [0, 0.1) is 0 Å². The van der Waals surface area contributed by atoms with Gasteiger partial charge in [0, 0.05) is 45.6 Å². The third-order valence-corrected chi connectivity index (χ3v) is 13.2. The monoisotopic (exact) mass is 1060 g/mol. The first-order valence-electron chi connectivity index (χ1n) is 25.5. The van der Waals surface area contributed by atoms with Gasteiger partial charge in [-0.3, -0.25) is 43.9 Å². The highest BCUT2D eigenvalue weighted by Gasteiger charge is 2.43. The van der Waals surface area contributed by atoms with Crippen LogP contribution >= 0.6 is 0 Å². The number of hydrogen-bond donors (Lipinski definition) is 13. The maximum absolute atomic E-state index is 14.1. The number of hydrazine groups is 1. The summed E-state index contributed by atoms with van der Waals surface area (Å²) in [5.74, 6) is -6.24. The van der Waals surface area contributed by atoms with Crippen molar-refractivity contribution < 1.29 is 53.4 Å². The Morgan fingerprint density at radius 2 is 1.22 bits per heavy atom. The maximum atomic E-state index is 14.1. The number of urea groups is 1. The number of likely N-dealkylation sites (tertiary alicyclic amines) is 2. The Hall–Kier alpha value is -7.46. The minimum absolute atomic E-state index is 0.00442. The predicted octanol–water partition coefficient (Wildman–Crippen LogP) is -4.42. The first-order chi connectivity index (χ1) is 36.4. The molecule has 76 heavy (non-hydrogen) atoms. The van der Waals surface area contributed by atoms with E-state index in [4.69, 9.17) is 28.7 Å². The Morgan fingerprint density at radius 1 is 0.645 bits per heavy atom. The van der Waals surface area contributed by atoms with Crippen LogP contribution in [0.2, 0.25) is 0 Å². The molecule has 2 aromatic carbocycles.